The molecule has 0 spiro atoms. The lowest BCUT2D eigenvalue weighted by Crippen LogP contribution is -2.45. The molecule has 0 saturated heterocycles. The van der Waals surface area contributed by atoms with Crippen molar-refractivity contribution >= 4 is 0 Å². The van der Waals surface area contributed by atoms with Crippen LogP contribution < -0.4 is 5.32 Å². The Morgan fingerprint density at radius 3 is 2.06 bits per heavy atom. The predicted molar refractivity (Wildman–Crippen MR) is 83.2 cm³/mol. The summed E-state index contributed by atoms with van der Waals surface area (Å²) in [5.41, 5.74) is 0.452. The fourth-order valence-corrected chi connectivity index (χ4v) is 2.41. The molecule has 0 amide bonds. The van der Waals surface area contributed by atoms with Gasteiger partial charge in [-0.05, 0) is 37.8 Å². The normalized spacial score (nSPS) is 12.7. The van der Waals surface area contributed by atoms with Crippen molar-refractivity contribution in [2.24, 2.45) is 5.41 Å². The third kappa shape index (κ3) is 6.75. The number of unbranched alkanes of at least 4 members (excludes halogenated alkanes) is 1. The standard InChI is InChI=1S/C16H36N2/c1-7-11-12-18(10-4)14-16(8-2,9-3)13-17-15(5)6/h15,17H,7-14H2,1-6H3. The summed E-state index contributed by atoms with van der Waals surface area (Å²) in [6.07, 6.45) is 5.17. The van der Waals surface area contributed by atoms with Gasteiger partial charge in [0, 0.05) is 19.1 Å². The topological polar surface area (TPSA) is 15.3 Å². The first-order valence-corrected chi connectivity index (χ1v) is 7.99. The van der Waals surface area contributed by atoms with Gasteiger partial charge >= 0.3 is 0 Å². The highest BCUT2D eigenvalue weighted by Crippen LogP contribution is 2.27. The zero-order chi connectivity index (χ0) is 14.0. The van der Waals surface area contributed by atoms with Crippen molar-refractivity contribution in [1.82, 2.24) is 10.2 Å². The fourth-order valence-electron chi connectivity index (χ4n) is 2.41. The van der Waals surface area contributed by atoms with Crippen molar-refractivity contribution in [2.45, 2.75) is 73.3 Å². The monoisotopic (exact) mass is 256 g/mol. The van der Waals surface area contributed by atoms with Crippen molar-refractivity contribution in [2.75, 3.05) is 26.2 Å². The SMILES string of the molecule is CCCCN(CC)CC(CC)(CC)CNC(C)C. The molecule has 0 unspecified atom stereocenters. The maximum absolute atomic E-state index is 3.65. The summed E-state index contributed by atoms with van der Waals surface area (Å²) in [5, 5.41) is 3.65. The first-order valence-electron chi connectivity index (χ1n) is 7.99. The van der Waals surface area contributed by atoms with Crippen LogP contribution in [0.25, 0.3) is 0 Å². The van der Waals surface area contributed by atoms with E-state index in [4.69, 9.17) is 0 Å². The van der Waals surface area contributed by atoms with Gasteiger partial charge in [-0.2, -0.15) is 0 Å². The van der Waals surface area contributed by atoms with E-state index in [2.05, 4.69) is 51.8 Å². The molecule has 18 heavy (non-hydrogen) atoms. The number of hydrogen-bond acceptors (Lipinski definition) is 2. The van der Waals surface area contributed by atoms with Gasteiger partial charge in [0.1, 0.15) is 0 Å². The van der Waals surface area contributed by atoms with Crippen LogP contribution in [0.2, 0.25) is 0 Å². The molecule has 0 bridgehead atoms. The van der Waals surface area contributed by atoms with Gasteiger partial charge in [-0.1, -0.05) is 48.0 Å². The molecule has 110 valence electrons. The third-order valence-electron chi connectivity index (χ3n) is 4.22. The molecule has 0 aromatic heterocycles. The van der Waals surface area contributed by atoms with Crippen molar-refractivity contribution < 1.29 is 0 Å². The Morgan fingerprint density at radius 1 is 1.06 bits per heavy atom. The smallest absolute Gasteiger partial charge is 0.00498 e. The van der Waals surface area contributed by atoms with Crippen LogP contribution in [0.4, 0.5) is 0 Å². The van der Waals surface area contributed by atoms with E-state index < -0.39 is 0 Å². The molecule has 0 aliphatic heterocycles. The number of nitrogens with zero attached hydrogens (tertiary/aromatic N) is 1. The largest absolute Gasteiger partial charge is 0.314 e. The number of rotatable bonds is 11. The summed E-state index contributed by atoms with van der Waals surface area (Å²) in [6.45, 7) is 18.6. The van der Waals surface area contributed by atoms with Crippen molar-refractivity contribution in [1.29, 1.82) is 0 Å². The summed E-state index contributed by atoms with van der Waals surface area (Å²) in [6, 6.07) is 0.591. The zero-order valence-corrected chi connectivity index (χ0v) is 13.7. The minimum Gasteiger partial charge on any atom is -0.314 e. The summed E-state index contributed by atoms with van der Waals surface area (Å²) in [7, 11) is 0. The lowest BCUT2D eigenvalue weighted by molar-refractivity contribution is 0.135. The van der Waals surface area contributed by atoms with Gasteiger partial charge in [-0.25, -0.2) is 0 Å². The molecule has 0 heterocycles. The molecule has 2 nitrogen and oxygen atoms in total. The molecular formula is C16H36N2. The number of nitrogens with one attached hydrogen (secondary N) is 1. The second-order valence-electron chi connectivity index (χ2n) is 5.97. The Kier molecular flexibility index (Phi) is 9.76. The van der Waals surface area contributed by atoms with Gasteiger partial charge in [-0.3, -0.25) is 0 Å². The third-order valence-corrected chi connectivity index (χ3v) is 4.22. The maximum atomic E-state index is 3.65. The van der Waals surface area contributed by atoms with E-state index in [0.29, 0.717) is 11.5 Å². The lowest BCUT2D eigenvalue weighted by Gasteiger charge is -2.38. The highest BCUT2D eigenvalue weighted by Gasteiger charge is 2.28. The Bertz CT molecular complexity index is 186. The summed E-state index contributed by atoms with van der Waals surface area (Å²) >= 11 is 0. The summed E-state index contributed by atoms with van der Waals surface area (Å²) in [4.78, 5) is 2.64. The van der Waals surface area contributed by atoms with Crippen LogP contribution >= 0.6 is 0 Å². The molecule has 1 N–H and O–H groups in total. The van der Waals surface area contributed by atoms with Crippen molar-refractivity contribution in [3.63, 3.8) is 0 Å². The van der Waals surface area contributed by atoms with Gasteiger partial charge < -0.3 is 10.2 Å². The zero-order valence-electron chi connectivity index (χ0n) is 13.7. The predicted octanol–water partition coefficient (Wildman–Crippen LogP) is 3.91. The average Bonchev–Trinajstić information content (AvgIpc) is 2.38. The Hall–Kier alpha value is -0.0800. The van der Waals surface area contributed by atoms with Crippen LogP contribution in [0.1, 0.15) is 67.2 Å². The van der Waals surface area contributed by atoms with Crippen LogP contribution in [-0.4, -0.2) is 37.1 Å². The van der Waals surface area contributed by atoms with E-state index in [9.17, 15) is 0 Å². The highest BCUT2D eigenvalue weighted by molar-refractivity contribution is 4.83. The molecular weight excluding hydrogens is 220 g/mol. The van der Waals surface area contributed by atoms with E-state index in [-0.39, 0.29) is 0 Å². The highest BCUT2D eigenvalue weighted by atomic mass is 15.1. The first-order chi connectivity index (χ1) is 8.53. The molecule has 0 rings (SSSR count). The molecule has 0 atom stereocenters. The second kappa shape index (κ2) is 9.80. The average molecular weight is 256 g/mol. The van der Waals surface area contributed by atoms with Crippen LogP contribution in [0.15, 0.2) is 0 Å². The van der Waals surface area contributed by atoms with E-state index in [1.807, 2.05) is 0 Å². The van der Waals surface area contributed by atoms with Gasteiger partial charge in [0.25, 0.3) is 0 Å². The minimum absolute atomic E-state index is 0.452. The Balaban J connectivity index is 4.45. The van der Waals surface area contributed by atoms with Crippen LogP contribution in [0, 0.1) is 5.41 Å². The second-order valence-corrected chi connectivity index (χ2v) is 5.97. The van der Waals surface area contributed by atoms with Gasteiger partial charge in [0.2, 0.25) is 0 Å². The first kappa shape index (κ1) is 17.9. The fraction of sp³-hybridized carbons (Fsp3) is 1.00. The molecule has 0 aliphatic rings. The van der Waals surface area contributed by atoms with Gasteiger partial charge in [0.15, 0.2) is 0 Å². The van der Waals surface area contributed by atoms with E-state index in [1.165, 1.54) is 45.3 Å². The summed E-state index contributed by atoms with van der Waals surface area (Å²) < 4.78 is 0. The van der Waals surface area contributed by atoms with E-state index in [0.717, 1.165) is 6.54 Å². The molecule has 0 aliphatic carbocycles. The van der Waals surface area contributed by atoms with Crippen LogP contribution in [-0.2, 0) is 0 Å². The van der Waals surface area contributed by atoms with Gasteiger partial charge in [-0.15, -0.1) is 0 Å². The van der Waals surface area contributed by atoms with Crippen LogP contribution in [0.3, 0.4) is 0 Å². The molecule has 0 fully saturated rings. The molecule has 0 aromatic rings. The maximum Gasteiger partial charge on any atom is 0.00498 e. The lowest BCUT2D eigenvalue weighted by atomic mass is 9.81. The van der Waals surface area contributed by atoms with Gasteiger partial charge in [0.05, 0.1) is 0 Å². The molecule has 0 saturated carbocycles. The van der Waals surface area contributed by atoms with E-state index in [1.54, 1.807) is 0 Å². The molecule has 2 heteroatoms. The Labute approximate surface area is 116 Å². The van der Waals surface area contributed by atoms with Crippen molar-refractivity contribution in [3.8, 4) is 0 Å². The quantitative estimate of drug-likeness (QED) is 0.603. The van der Waals surface area contributed by atoms with Crippen molar-refractivity contribution in [3.05, 3.63) is 0 Å². The molecule has 0 radical (unpaired) electrons. The number of hydrogen-bond donors (Lipinski definition) is 1. The van der Waals surface area contributed by atoms with Crippen LogP contribution in [0.5, 0.6) is 0 Å². The summed E-state index contributed by atoms with van der Waals surface area (Å²) in [5.74, 6) is 0. The molecule has 0 aromatic carbocycles. The minimum atomic E-state index is 0.452. The Morgan fingerprint density at radius 2 is 1.67 bits per heavy atom. The van der Waals surface area contributed by atoms with E-state index >= 15 is 0 Å².